The molecule has 0 bridgehead atoms. The number of imidazole rings is 1. The predicted octanol–water partition coefficient (Wildman–Crippen LogP) is 2.22. The molecule has 0 radical (unpaired) electrons. The number of H-pyrrole nitrogens is 2. The number of thiazole rings is 1. The van der Waals surface area contributed by atoms with Crippen LogP contribution in [0.1, 0.15) is 16.8 Å². The normalized spacial score (nSPS) is 10.9. The minimum atomic E-state index is -0.272. The molecule has 0 saturated heterocycles. The third kappa shape index (κ3) is 3.58. The second-order valence-electron chi connectivity index (χ2n) is 4.60. The van der Waals surface area contributed by atoms with E-state index in [1.807, 2.05) is 5.38 Å². The van der Waals surface area contributed by atoms with E-state index in [1.54, 1.807) is 47.5 Å². The zero-order valence-electron chi connectivity index (χ0n) is 11.6. The zero-order chi connectivity index (χ0) is 15.4. The average molecular weight is 334 g/mol. The van der Waals surface area contributed by atoms with E-state index in [-0.39, 0.29) is 11.6 Å². The maximum Gasteiger partial charge on any atom is 0.323 e. The van der Waals surface area contributed by atoms with Crippen LogP contribution >= 0.6 is 23.1 Å². The second-order valence-corrected chi connectivity index (χ2v) is 6.83. The van der Waals surface area contributed by atoms with Crippen molar-refractivity contribution >= 4 is 40.0 Å². The van der Waals surface area contributed by atoms with E-state index in [2.05, 4.69) is 20.3 Å². The van der Waals surface area contributed by atoms with Crippen LogP contribution in [-0.4, -0.2) is 33.2 Å². The molecular weight excluding hydrogens is 320 g/mol. The molecule has 114 valence electrons. The van der Waals surface area contributed by atoms with Gasteiger partial charge in [-0.25, -0.2) is 9.78 Å². The molecule has 2 heterocycles. The molecule has 0 aliphatic rings. The van der Waals surface area contributed by atoms with E-state index >= 15 is 0 Å². The number of rotatable bonds is 6. The predicted molar refractivity (Wildman–Crippen MR) is 88.7 cm³/mol. The number of fused-ring (bicyclic) bond motifs is 1. The number of nitrogens with one attached hydrogen (secondary N) is 3. The Kier molecular flexibility index (Phi) is 4.59. The first-order valence-electron chi connectivity index (χ1n) is 6.75. The molecule has 3 rings (SSSR count). The average Bonchev–Trinajstić information content (AvgIpc) is 3.13. The first-order chi connectivity index (χ1) is 10.7. The summed E-state index contributed by atoms with van der Waals surface area (Å²) in [5.74, 6) is 0.779. The molecule has 0 unspecified atom stereocenters. The molecule has 0 saturated carbocycles. The molecule has 1 amide bonds. The highest BCUT2D eigenvalue weighted by molar-refractivity contribution is 8.00. The summed E-state index contributed by atoms with van der Waals surface area (Å²) in [5, 5.41) is 4.83. The van der Waals surface area contributed by atoms with Crippen molar-refractivity contribution in [1.82, 2.24) is 20.3 Å². The van der Waals surface area contributed by atoms with Gasteiger partial charge >= 0.3 is 5.69 Å². The topological polar surface area (TPSA) is 90.6 Å². The fourth-order valence-electron chi connectivity index (χ4n) is 1.99. The van der Waals surface area contributed by atoms with Gasteiger partial charge in [-0.1, -0.05) is 11.8 Å². The molecule has 6 nitrogen and oxygen atoms in total. The van der Waals surface area contributed by atoms with Crippen molar-refractivity contribution in [2.75, 3.05) is 12.3 Å². The molecule has 3 aromatic rings. The summed E-state index contributed by atoms with van der Waals surface area (Å²) >= 11 is 3.31. The minimum Gasteiger partial charge on any atom is -0.352 e. The third-order valence-corrected chi connectivity index (χ3v) is 5.07. The number of amides is 1. The van der Waals surface area contributed by atoms with Crippen LogP contribution in [0.5, 0.6) is 0 Å². The molecule has 8 heteroatoms. The number of aromatic nitrogens is 3. The van der Waals surface area contributed by atoms with E-state index in [0.29, 0.717) is 23.1 Å². The molecule has 3 N–H and O–H groups in total. The fraction of sp³-hybridized carbons (Fsp3) is 0.214. The van der Waals surface area contributed by atoms with Gasteiger partial charge in [-0.15, -0.1) is 11.3 Å². The maximum atomic E-state index is 12.1. The minimum absolute atomic E-state index is 0.136. The Balaban J connectivity index is 1.49. The van der Waals surface area contributed by atoms with Gasteiger partial charge < -0.3 is 15.3 Å². The van der Waals surface area contributed by atoms with Crippen LogP contribution in [-0.2, 0) is 0 Å². The molecule has 22 heavy (non-hydrogen) atoms. The van der Waals surface area contributed by atoms with E-state index in [0.717, 1.165) is 16.5 Å². The van der Waals surface area contributed by atoms with Gasteiger partial charge in [0, 0.05) is 29.4 Å². The Morgan fingerprint density at radius 3 is 3.00 bits per heavy atom. The molecule has 0 atom stereocenters. The largest absolute Gasteiger partial charge is 0.352 e. The van der Waals surface area contributed by atoms with Crippen molar-refractivity contribution < 1.29 is 4.79 Å². The SMILES string of the molecule is O=C(NCCCSc1nccs1)c1ccc2[nH]c(=O)[nH]c2c1. The molecule has 0 aliphatic carbocycles. The van der Waals surface area contributed by atoms with Crippen LogP contribution < -0.4 is 11.0 Å². The maximum absolute atomic E-state index is 12.1. The Morgan fingerprint density at radius 2 is 2.18 bits per heavy atom. The monoisotopic (exact) mass is 334 g/mol. The van der Waals surface area contributed by atoms with Crippen molar-refractivity contribution in [1.29, 1.82) is 0 Å². The van der Waals surface area contributed by atoms with Crippen LogP contribution in [0.3, 0.4) is 0 Å². The van der Waals surface area contributed by atoms with E-state index in [1.165, 1.54) is 0 Å². The van der Waals surface area contributed by atoms with Crippen molar-refractivity contribution in [3.8, 4) is 0 Å². The van der Waals surface area contributed by atoms with Crippen LogP contribution in [0.2, 0.25) is 0 Å². The molecule has 0 spiro atoms. The lowest BCUT2D eigenvalue weighted by molar-refractivity contribution is 0.0954. The first-order valence-corrected chi connectivity index (χ1v) is 8.61. The van der Waals surface area contributed by atoms with Gasteiger partial charge in [0.05, 0.1) is 11.0 Å². The molecule has 2 aromatic heterocycles. The Morgan fingerprint density at radius 1 is 1.32 bits per heavy atom. The van der Waals surface area contributed by atoms with E-state index < -0.39 is 0 Å². The lowest BCUT2D eigenvalue weighted by Crippen LogP contribution is -2.24. The third-order valence-electron chi connectivity index (χ3n) is 3.02. The highest BCUT2D eigenvalue weighted by atomic mass is 32.2. The number of carbonyl (C=O) groups excluding carboxylic acids is 1. The number of aromatic amines is 2. The Labute approximate surface area is 134 Å². The summed E-state index contributed by atoms with van der Waals surface area (Å²) in [6, 6.07) is 5.10. The van der Waals surface area contributed by atoms with Crippen molar-refractivity contribution in [3.63, 3.8) is 0 Å². The number of carbonyl (C=O) groups is 1. The summed E-state index contributed by atoms with van der Waals surface area (Å²) in [6.07, 6.45) is 2.66. The van der Waals surface area contributed by atoms with Gasteiger partial charge in [0.2, 0.25) is 0 Å². The molecular formula is C14H14N4O2S2. The molecule has 0 aliphatic heterocycles. The van der Waals surface area contributed by atoms with E-state index in [9.17, 15) is 9.59 Å². The van der Waals surface area contributed by atoms with E-state index in [4.69, 9.17) is 0 Å². The number of nitrogens with zero attached hydrogens (tertiary/aromatic N) is 1. The van der Waals surface area contributed by atoms with Crippen molar-refractivity contribution in [3.05, 3.63) is 45.8 Å². The number of hydrogen-bond acceptors (Lipinski definition) is 5. The van der Waals surface area contributed by atoms with Gasteiger partial charge in [-0.3, -0.25) is 4.79 Å². The highest BCUT2D eigenvalue weighted by Gasteiger charge is 2.07. The Bertz CT molecular complexity index is 823. The summed E-state index contributed by atoms with van der Waals surface area (Å²) in [5.41, 5.74) is 1.60. The summed E-state index contributed by atoms with van der Waals surface area (Å²) in [6.45, 7) is 0.610. The smallest absolute Gasteiger partial charge is 0.323 e. The lowest BCUT2D eigenvalue weighted by Gasteiger charge is -2.04. The quantitative estimate of drug-likeness (QED) is 0.476. The van der Waals surface area contributed by atoms with Gasteiger partial charge in [0.1, 0.15) is 4.34 Å². The van der Waals surface area contributed by atoms with Gasteiger partial charge in [-0.2, -0.15) is 0 Å². The van der Waals surface area contributed by atoms with Gasteiger partial charge in [0.15, 0.2) is 0 Å². The first kappa shape index (κ1) is 14.9. The Hall–Kier alpha value is -2.06. The fourth-order valence-corrected chi connectivity index (χ4v) is 3.64. The summed E-state index contributed by atoms with van der Waals surface area (Å²) < 4.78 is 1.05. The lowest BCUT2D eigenvalue weighted by atomic mass is 10.2. The van der Waals surface area contributed by atoms with Crippen molar-refractivity contribution in [2.24, 2.45) is 0 Å². The second kappa shape index (κ2) is 6.80. The summed E-state index contributed by atoms with van der Waals surface area (Å²) in [7, 11) is 0. The zero-order valence-corrected chi connectivity index (χ0v) is 13.2. The van der Waals surface area contributed by atoms with Crippen LogP contribution in [0.4, 0.5) is 0 Å². The molecule has 1 aromatic carbocycles. The van der Waals surface area contributed by atoms with Crippen molar-refractivity contribution in [2.45, 2.75) is 10.8 Å². The number of benzene rings is 1. The summed E-state index contributed by atoms with van der Waals surface area (Å²) in [4.78, 5) is 32.7. The van der Waals surface area contributed by atoms with Crippen LogP contribution in [0.15, 0.2) is 38.9 Å². The van der Waals surface area contributed by atoms with Crippen LogP contribution in [0, 0.1) is 0 Å². The van der Waals surface area contributed by atoms with Gasteiger partial charge in [0.25, 0.3) is 5.91 Å². The van der Waals surface area contributed by atoms with Gasteiger partial charge in [-0.05, 0) is 24.6 Å². The highest BCUT2D eigenvalue weighted by Crippen LogP contribution is 2.20. The molecule has 0 fully saturated rings. The van der Waals surface area contributed by atoms with Crippen LogP contribution in [0.25, 0.3) is 11.0 Å². The number of thioether (sulfide) groups is 1. The standard InChI is InChI=1S/C14H14N4O2S2/c19-12(15-4-1-6-21-14-16-5-7-22-14)9-2-3-10-11(8-9)18-13(20)17-10/h2-3,5,7-8H,1,4,6H2,(H,15,19)(H2,17,18,20). The number of hydrogen-bond donors (Lipinski definition) is 3.